The zero-order valence-corrected chi connectivity index (χ0v) is 14.3. The van der Waals surface area contributed by atoms with E-state index in [-0.39, 0.29) is 17.9 Å². The second-order valence-electron chi connectivity index (χ2n) is 6.76. The number of aryl methyl sites for hydroxylation is 1. The van der Waals surface area contributed by atoms with E-state index >= 15 is 0 Å². The minimum atomic E-state index is -0.679. The van der Waals surface area contributed by atoms with Gasteiger partial charge in [0.2, 0.25) is 0 Å². The summed E-state index contributed by atoms with van der Waals surface area (Å²) in [5, 5.41) is 17.9. The van der Waals surface area contributed by atoms with Crippen molar-refractivity contribution in [3.05, 3.63) is 23.4 Å². The molecule has 1 atom stereocenters. The van der Waals surface area contributed by atoms with Gasteiger partial charge in [0.05, 0.1) is 11.3 Å². The first-order valence-electron chi connectivity index (χ1n) is 7.64. The third kappa shape index (κ3) is 4.53. The van der Waals surface area contributed by atoms with Crippen molar-refractivity contribution in [1.29, 1.82) is 0 Å². The first kappa shape index (κ1) is 17.4. The second-order valence-corrected chi connectivity index (χ2v) is 6.76. The van der Waals surface area contributed by atoms with Gasteiger partial charge in [0, 0.05) is 23.5 Å². The van der Waals surface area contributed by atoms with Crippen LogP contribution in [0.1, 0.15) is 43.7 Å². The number of carbonyl (C=O) groups is 1. The molecule has 1 heterocycles. The third-order valence-corrected chi connectivity index (χ3v) is 3.43. The number of carbonyl (C=O) groups excluding carboxylic acids is 1. The topological polar surface area (TPSA) is 84.6 Å². The van der Waals surface area contributed by atoms with Crippen LogP contribution >= 0.6 is 0 Å². The van der Waals surface area contributed by atoms with Crippen LogP contribution < -0.4 is 10.1 Å². The lowest BCUT2D eigenvalue weighted by atomic mass is 10.1. The third-order valence-electron chi connectivity index (χ3n) is 3.43. The molecule has 1 aromatic heterocycles. The van der Waals surface area contributed by atoms with E-state index in [4.69, 9.17) is 9.26 Å². The van der Waals surface area contributed by atoms with Crippen molar-refractivity contribution >= 4 is 16.8 Å². The Morgan fingerprint density at radius 1 is 1.43 bits per heavy atom. The molecule has 0 saturated heterocycles. The number of aliphatic hydroxyl groups is 1. The molecule has 0 fully saturated rings. The average Bonchev–Trinajstić information content (AvgIpc) is 2.82. The minimum absolute atomic E-state index is 0.0815. The summed E-state index contributed by atoms with van der Waals surface area (Å²) in [6.45, 7) is 9.86. The standard InChI is InChI=1S/C17H24N2O4/c1-10-13-6-14(11(2)20)15(7-16(13)23-19-10)22-9-12(21)8-18-17(3,4)5/h6-7,12,18,21H,8-9H2,1-5H3. The van der Waals surface area contributed by atoms with Crippen LogP contribution in [0, 0.1) is 6.92 Å². The fourth-order valence-corrected chi connectivity index (χ4v) is 2.15. The molecule has 0 radical (unpaired) electrons. The lowest BCUT2D eigenvalue weighted by molar-refractivity contribution is 0.0950. The normalized spacial score (nSPS) is 13.3. The lowest BCUT2D eigenvalue weighted by Crippen LogP contribution is -2.42. The van der Waals surface area contributed by atoms with E-state index in [1.807, 2.05) is 27.7 Å². The number of hydrogen-bond acceptors (Lipinski definition) is 6. The van der Waals surface area contributed by atoms with Gasteiger partial charge in [-0.15, -0.1) is 0 Å². The highest BCUT2D eigenvalue weighted by atomic mass is 16.5. The van der Waals surface area contributed by atoms with E-state index in [1.165, 1.54) is 6.92 Å². The van der Waals surface area contributed by atoms with Gasteiger partial charge in [0.25, 0.3) is 0 Å². The Hall–Kier alpha value is -1.92. The zero-order chi connectivity index (χ0) is 17.2. The highest BCUT2D eigenvalue weighted by molar-refractivity contribution is 6.01. The highest BCUT2D eigenvalue weighted by Gasteiger charge is 2.17. The van der Waals surface area contributed by atoms with Crippen LogP contribution in [0.25, 0.3) is 11.0 Å². The maximum atomic E-state index is 11.8. The number of β-amino-alcohol motifs (C(OH)–C–C–N with tert-alkyl or cyclic N) is 1. The van der Waals surface area contributed by atoms with Gasteiger partial charge in [-0.2, -0.15) is 0 Å². The second kappa shape index (κ2) is 6.68. The van der Waals surface area contributed by atoms with Gasteiger partial charge in [-0.3, -0.25) is 4.79 Å². The molecule has 2 aromatic rings. The quantitative estimate of drug-likeness (QED) is 0.795. The molecular weight excluding hydrogens is 296 g/mol. The zero-order valence-electron chi connectivity index (χ0n) is 14.3. The van der Waals surface area contributed by atoms with Crippen LogP contribution in [-0.2, 0) is 0 Å². The number of Topliss-reactive ketones (excluding diaryl/α,β-unsaturated/α-hetero) is 1. The number of ketones is 1. The fraction of sp³-hybridized carbons (Fsp3) is 0.529. The molecular formula is C17H24N2O4. The summed E-state index contributed by atoms with van der Waals surface area (Å²) < 4.78 is 10.9. The number of hydrogen-bond donors (Lipinski definition) is 2. The molecule has 1 aromatic carbocycles. The van der Waals surface area contributed by atoms with Crippen LogP contribution in [0.3, 0.4) is 0 Å². The van der Waals surface area contributed by atoms with Crippen LogP contribution in [0.2, 0.25) is 0 Å². The van der Waals surface area contributed by atoms with Crippen LogP contribution in [-0.4, -0.2) is 40.8 Å². The van der Waals surface area contributed by atoms with E-state index in [0.717, 1.165) is 11.1 Å². The fourth-order valence-electron chi connectivity index (χ4n) is 2.15. The predicted octanol–water partition coefficient (Wildman–Crippen LogP) is 2.47. The number of aliphatic hydroxyl groups excluding tert-OH is 1. The smallest absolute Gasteiger partial charge is 0.170 e. The van der Waals surface area contributed by atoms with Gasteiger partial charge in [-0.1, -0.05) is 5.16 Å². The van der Waals surface area contributed by atoms with Crippen molar-refractivity contribution in [1.82, 2.24) is 10.5 Å². The molecule has 0 aliphatic rings. The number of rotatable bonds is 6. The summed E-state index contributed by atoms with van der Waals surface area (Å²) in [5.41, 5.74) is 1.66. The average molecular weight is 320 g/mol. The van der Waals surface area contributed by atoms with Crippen LogP contribution in [0.5, 0.6) is 5.75 Å². The number of aromatic nitrogens is 1. The summed E-state index contributed by atoms with van der Waals surface area (Å²) in [6.07, 6.45) is -0.679. The van der Waals surface area contributed by atoms with Gasteiger partial charge in [-0.05, 0) is 40.7 Å². The molecule has 0 aliphatic carbocycles. The summed E-state index contributed by atoms with van der Waals surface area (Å²) in [5.74, 6) is 0.292. The Labute approximate surface area is 135 Å². The maximum Gasteiger partial charge on any atom is 0.170 e. The molecule has 23 heavy (non-hydrogen) atoms. The largest absolute Gasteiger partial charge is 0.490 e. The van der Waals surface area contributed by atoms with Gasteiger partial charge < -0.3 is 19.7 Å². The number of fused-ring (bicyclic) bond motifs is 1. The summed E-state index contributed by atoms with van der Waals surface area (Å²) in [7, 11) is 0. The van der Waals surface area contributed by atoms with Crippen molar-refractivity contribution in [3.63, 3.8) is 0 Å². The van der Waals surface area contributed by atoms with Crippen LogP contribution in [0.4, 0.5) is 0 Å². The Balaban J connectivity index is 2.12. The molecule has 6 heteroatoms. The van der Waals surface area contributed by atoms with Gasteiger partial charge >= 0.3 is 0 Å². The Morgan fingerprint density at radius 2 is 2.13 bits per heavy atom. The molecule has 126 valence electrons. The SMILES string of the molecule is CC(=O)c1cc2c(C)noc2cc1OCC(O)CNC(C)(C)C. The van der Waals surface area contributed by atoms with Crippen molar-refractivity contribution in [2.75, 3.05) is 13.2 Å². The molecule has 2 rings (SSSR count). The molecule has 0 amide bonds. The van der Waals surface area contributed by atoms with Crippen molar-refractivity contribution in [2.24, 2.45) is 0 Å². The first-order valence-corrected chi connectivity index (χ1v) is 7.64. The maximum absolute atomic E-state index is 11.8. The number of benzene rings is 1. The lowest BCUT2D eigenvalue weighted by Gasteiger charge is -2.23. The van der Waals surface area contributed by atoms with Gasteiger partial charge in [0.15, 0.2) is 11.4 Å². The molecule has 2 N–H and O–H groups in total. The summed E-state index contributed by atoms with van der Waals surface area (Å²) >= 11 is 0. The van der Waals surface area contributed by atoms with E-state index < -0.39 is 6.10 Å². The van der Waals surface area contributed by atoms with Gasteiger partial charge in [0.1, 0.15) is 18.5 Å². The first-order chi connectivity index (χ1) is 10.7. The Bertz CT molecular complexity index is 700. The summed E-state index contributed by atoms with van der Waals surface area (Å²) in [4.78, 5) is 11.8. The van der Waals surface area contributed by atoms with E-state index in [9.17, 15) is 9.90 Å². The molecule has 0 bridgehead atoms. The Kier molecular flexibility index (Phi) is 5.06. The van der Waals surface area contributed by atoms with Crippen molar-refractivity contribution < 1.29 is 19.2 Å². The van der Waals surface area contributed by atoms with Crippen molar-refractivity contribution in [2.45, 2.75) is 46.3 Å². The highest BCUT2D eigenvalue weighted by Crippen LogP contribution is 2.28. The molecule has 6 nitrogen and oxygen atoms in total. The van der Waals surface area contributed by atoms with Crippen molar-refractivity contribution in [3.8, 4) is 5.75 Å². The predicted molar refractivity (Wildman–Crippen MR) is 88.0 cm³/mol. The number of ether oxygens (including phenoxy) is 1. The minimum Gasteiger partial charge on any atom is -0.490 e. The molecule has 0 spiro atoms. The van der Waals surface area contributed by atoms with E-state index in [2.05, 4.69) is 10.5 Å². The summed E-state index contributed by atoms with van der Waals surface area (Å²) in [6, 6.07) is 3.37. The van der Waals surface area contributed by atoms with Gasteiger partial charge in [-0.25, -0.2) is 0 Å². The monoisotopic (exact) mass is 320 g/mol. The number of nitrogens with zero attached hydrogens (tertiary/aromatic N) is 1. The van der Waals surface area contributed by atoms with Crippen LogP contribution in [0.15, 0.2) is 16.7 Å². The van der Waals surface area contributed by atoms with E-state index in [1.54, 1.807) is 12.1 Å². The molecule has 0 saturated carbocycles. The molecule has 0 aliphatic heterocycles. The Morgan fingerprint density at radius 3 is 2.74 bits per heavy atom. The van der Waals surface area contributed by atoms with E-state index in [0.29, 0.717) is 23.4 Å². The number of nitrogens with one attached hydrogen (secondary N) is 1. The molecule has 1 unspecified atom stereocenters.